The van der Waals surface area contributed by atoms with Crippen molar-refractivity contribution in [2.24, 2.45) is 0 Å². The van der Waals surface area contributed by atoms with Crippen molar-refractivity contribution in [3.63, 3.8) is 0 Å². The molecule has 0 saturated carbocycles. The standard InChI is InChI=1S/C33H35N3O7/c1-6-24-25-14-22(38)10-13-28(25)34-30-26(24)17-36(19-37)29(30)15-27-20(3)18-42-31(39)33(27,7-2)43-32(40)35(4)16-21-8-11-23(41-5)12-9-21/h8-15,19,38H,6-7,16-18H2,1-5H3/b29-15-. The third-order valence-electron chi connectivity index (χ3n) is 8.12. The highest BCUT2D eigenvalue weighted by Gasteiger charge is 2.50. The number of rotatable bonds is 8. The van der Waals surface area contributed by atoms with Crippen molar-refractivity contribution in [3.05, 3.63) is 82.1 Å². The van der Waals surface area contributed by atoms with Crippen molar-refractivity contribution < 1.29 is 33.7 Å². The van der Waals surface area contributed by atoms with Crippen LogP contribution >= 0.6 is 0 Å². The number of aromatic nitrogens is 1. The third kappa shape index (κ3) is 5.29. The number of esters is 1. The quantitative estimate of drug-likeness (QED) is 0.286. The molecule has 3 heterocycles. The fourth-order valence-electron chi connectivity index (χ4n) is 5.78. The number of hydrogen-bond acceptors (Lipinski definition) is 8. The van der Waals surface area contributed by atoms with E-state index in [2.05, 4.69) is 0 Å². The minimum atomic E-state index is -1.73. The number of cyclic esters (lactones) is 1. The van der Waals surface area contributed by atoms with E-state index in [1.807, 2.05) is 26.0 Å². The van der Waals surface area contributed by atoms with Gasteiger partial charge in [-0.05, 0) is 72.9 Å². The zero-order chi connectivity index (χ0) is 30.9. The fourth-order valence-corrected chi connectivity index (χ4v) is 5.78. The number of hydrogen-bond donors (Lipinski definition) is 1. The van der Waals surface area contributed by atoms with E-state index >= 15 is 0 Å². The van der Waals surface area contributed by atoms with Crippen LogP contribution in [0.25, 0.3) is 16.6 Å². The highest BCUT2D eigenvalue weighted by molar-refractivity contribution is 5.93. The van der Waals surface area contributed by atoms with Gasteiger partial charge in [-0.25, -0.2) is 14.6 Å². The SMILES string of the molecule is CCc1c2c(nc3ccc(O)cc13)/C(=C/C1=C(C)COC(=O)C1(CC)OC(=O)N(C)Cc1ccc(OC)cc1)N(C=O)C2. The van der Waals surface area contributed by atoms with Gasteiger partial charge in [-0.1, -0.05) is 26.0 Å². The van der Waals surface area contributed by atoms with Crippen LogP contribution in [0, 0.1) is 0 Å². The number of ether oxygens (including phenoxy) is 3. The molecule has 1 unspecified atom stereocenters. The molecule has 0 fully saturated rings. The lowest BCUT2D eigenvalue weighted by Gasteiger charge is -2.37. The van der Waals surface area contributed by atoms with E-state index < -0.39 is 17.7 Å². The largest absolute Gasteiger partial charge is 0.508 e. The van der Waals surface area contributed by atoms with Gasteiger partial charge < -0.3 is 29.1 Å². The van der Waals surface area contributed by atoms with Crippen LogP contribution in [0.1, 0.15) is 49.6 Å². The summed E-state index contributed by atoms with van der Waals surface area (Å²) in [4.78, 5) is 47.0. The Bertz CT molecular complexity index is 1660. The van der Waals surface area contributed by atoms with Gasteiger partial charge in [-0.15, -0.1) is 0 Å². The molecule has 1 N–H and O–H groups in total. The zero-order valence-electron chi connectivity index (χ0n) is 25.0. The Morgan fingerprint density at radius 1 is 1.21 bits per heavy atom. The number of aromatic hydroxyl groups is 1. The third-order valence-corrected chi connectivity index (χ3v) is 8.12. The zero-order valence-corrected chi connectivity index (χ0v) is 25.0. The molecule has 1 atom stereocenters. The van der Waals surface area contributed by atoms with Crippen molar-refractivity contribution in [2.75, 3.05) is 20.8 Å². The second-order valence-electron chi connectivity index (χ2n) is 10.8. The molecule has 10 nitrogen and oxygen atoms in total. The number of aryl methyl sites for hydroxylation is 1. The van der Waals surface area contributed by atoms with Gasteiger partial charge in [0.05, 0.1) is 30.6 Å². The number of phenols is 1. The van der Waals surface area contributed by atoms with Crippen LogP contribution in [0.2, 0.25) is 0 Å². The van der Waals surface area contributed by atoms with Gasteiger partial charge in [0.1, 0.15) is 18.1 Å². The molecule has 0 spiro atoms. The number of fused-ring (bicyclic) bond motifs is 2. The molecule has 2 aliphatic rings. The van der Waals surface area contributed by atoms with Crippen LogP contribution in [-0.2, 0) is 38.6 Å². The molecule has 3 aromatic rings. The van der Waals surface area contributed by atoms with Crippen LogP contribution in [0.3, 0.4) is 0 Å². The minimum Gasteiger partial charge on any atom is -0.508 e. The second kappa shape index (κ2) is 11.8. The Kier molecular flexibility index (Phi) is 8.12. The molecule has 2 amide bonds. The number of phenolic OH excluding ortho intramolecular Hbond substituents is 1. The first-order valence-corrected chi connectivity index (χ1v) is 14.2. The van der Waals surface area contributed by atoms with Crippen LogP contribution in [0.4, 0.5) is 4.79 Å². The maximum Gasteiger partial charge on any atom is 0.411 e. The molecule has 0 saturated heterocycles. The first-order valence-electron chi connectivity index (χ1n) is 14.2. The van der Waals surface area contributed by atoms with Gasteiger partial charge in [0.25, 0.3) is 0 Å². The average Bonchev–Trinajstić information content (AvgIpc) is 3.36. The molecular formula is C33H35N3O7. The maximum absolute atomic E-state index is 13.5. The Morgan fingerprint density at radius 2 is 1.95 bits per heavy atom. The topological polar surface area (TPSA) is 118 Å². The summed E-state index contributed by atoms with van der Waals surface area (Å²) in [5.74, 6) is 0.162. The van der Waals surface area contributed by atoms with Crippen molar-refractivity contribution >= 4 is 35.1 Å². The van der Waals surface area contributed by atoms with E-state index in [9.17, 15) is 19.5 Å². The molecule has 0 bridgehead atoms. The lowest BCUT2D eigenvalue weighted by Crippen LogP contribution is -2.50. The maximum atomic E-state index is 13.5. The molecule has 224 valence electrons. The molecule has 10 heteroatoms. The van der Waals surface area contributed by atoms with E-state index in [1.54, 1.807) is 57.5 Å². The van der Waals surface area contributed by atoms with Gasteiger partial charge in [-0.2, -0.15) is 0 Å². The molecule has 2 aromatic carbocycles. The van der Waals surface area contributed by atoms with Crippen LogP contribution in [0.5, 0.6) is 11.5 Å². The second-order valence-corrected chi connectivity index (χ2v) is 10.8. The Hall–Kier alpha value is -4.86. The summed E-state index contributed by atoms with van der Waals surface area (Å²) in [6.07, 6.45) is 2.54. The Morgan fingerprint density at radius 3 is 2.60 bits per heavy atom. The summed E-state index contributed by atoms with van der Waals surface area (Å²) in [7, 11) is 3.18. The monoisotopic (exact) mass is 585 g/mol. The summed E-state index contributed by atoms with van der Waals surface area (Å²) in [6.45, 7) is 6.13. The minimum absolute atomic E-state index is 0.0253. The number of carbonyl (C=O) groups is 3. The molecule has 5 rings (SSSR count). The lowest BCUT2D eigenvalue weighted by atomic mass is 9.84. The molecule has 0 aliphatic carbocycles. The first-order chi connectivity index (χ1) is 20.6. The summed E-state index contributed by atoms with van der Waals surface area (Å²) < 4.78 is 16.7. The average molecular weight is 586 g/mol. The smallest absolute Gasteiger partial charge is 0.411 e. The van der Waals surface area contributed by atoms with E-state index in [0.717, 1.165) is 28.5 Å². The number of methoxy groups -OCH3 is 1. The first kappa shape index (κ1) is 29.6. The van der Waals surface area contributed by atoms with Gasteiger partial charge in [-0.3, -0.25) is 4.79 Å². The molecule has 43 heavy (non-hydrogen) atoms. The van der Waals surface area contributed by atoms with Crippen LogP contribution in [-0.4, -0.2) is 64.7 Å². The van der Waals surface area contributed by atoms with Crippen LogP contribution < -0.4 is 4.74 Å². The number of pyridine rings is 1. The van der Waals surface area contributed by atoms with E-state index in [4.69, 9.17) is 19.2 Å². The predicted octanol–water partition coefficient (Wildman–Crippen LogP) is 5.12. The van der Waals surface area contributed by atoms with Gasteiger partial charge in [0.15, 0.2) is 0 Å². The van der Waals surface area contributed by atoms with Crippen LogP contribution in [0.15, 0.2) is 59.7 Å². The summed E-state index contributed by atoms with van der Waals surface area (Å²) >= 11 is 0. The van der Waals surface area contributed by atoms with Gasteiger partial charge in [0.2, 0.25) is 12.0 Å². The van der Waals surface area contributed by atoms with Gasteiger partial charge in [0, 0.05) is 30.1 Å². The van der Waals surface area contributed by atoms with Crippen molar-refractivity contribution in [1.82, 2.24) is 14.8 Å². The number of amides is 2. The van der Waals surface area contributed by atoms with Gasteiger partial charge >= 0.3 is 12.1 Å². The summed E-state index contributed by atoms with van der Waals surface area (Å²) in [5.41, 5.74) is 3.91. The van der Waals surface area contributed by atoms with Crippen molar-refractivity contribution in [1.29, 1.82) is 0 Å². The van der Waals surface area contributed by atoms with Crippen molar-refractivity contribution in [2.45, 2.75) is 52.3 Å². The van der Waals surface area contributed by atoms with E-state index in [-0.39, 0.29) is 31.9 Å². The fraction of sp³-hybridized carbons (Fsp3) is 0.333. The van der Waals surface area contributed by atoms with E-state index in [1.165, 1.54) is 9.80 Å². The normalized spacial score (nSPS) is 19.0. The molecule has 1 aromatic heterocycles. The highest BCUT2D eigenvalue weighted by atomic mass is 16.6. The number of nitrogens with zero attached hydrogens (tertiary/aromatic N) is 3. The highest BCUT2D eigenvalue weighted by Crippen LogP contribution is 2.42. The Labute approximate surface area is 250 Å². The summed E-state index contributed by atoms with van der Waals surface area (Å²) in [6, 6.07) is 12.3. The predicted molar refractivity (Wildman–Crippen MR) is 160 cm³/mol. The molecular weight excluding hydrogens is 550 g/mol. The summed E-state index contributed by atoms with van der Waals surface area (Å²) in [5, 5.41) is 10.9. The molecule has 0 radical (unpaired) electrons. The molecule has 2 aliphatic heterocycles. The lowest BCUT2D eigenvalue weighted by molar-refractivity contribution is -0.163. The van der Waals surface area contributed by atoms with E-state index in [0.29, 0.717) is 40.2 Å². The number of benzene rings is 2. The number of carbonyl (C=O) groups excluding carboxylic acids is 3. The van der Waals surface area contributed by atoms with Crippen molar-refractivity contribution in [3.8, 4) is 11.5 Å². The Balaban J connectivity index is 1.55.